The van der Waals surface area contributed by atoms with Gasteiger partial charge in [-0.2, -0.15) is 4.31 Å². The predicted molar refractivity (Wildman–Crippen MR) is 150 cm³/mol. The fraction of sp³-hybridized carbons (Fsp3) is 0.519. The van der Waals surface area contributed by atoms with Crippen LogP contribution in [0.25, 0.3) is 0 Å². The van der Waals surface area contributed by atoms with E-state index in [1.165, 1.54) is 47.0 Å². The van der Waals surface area contributed by atoms with E-state index in [1.54, 1.807) is 7.05 Å². The molecule has 2 aromatic rings. The highest BCUT2D eigenvalue weighted by Gasteiger charge is 2.31. The van der Waals surface area contributed by atoms with E-state index < -0.39 is 27.9 Å². The molecule has 0 radical (unpaired) electrons. The molecule has 39 heavy (non-hydrogen) atoms. The van der Waals surface area contributed by atoms with Crippen LogP contribution in [0.5, 0.6) is 0 Å². The number of sulfonamides is 1. The molecule has 1 aromatic heterocycles. The molecule has 0 bridgehead atoms. The number of carbonyl (C=O) groups excluding carboxylic acids is 3. The first kappa shape index (κ1) is 29.2. The van der Waals surface area contributed by atoms with Crippen LogP contribution >= 0.6 is 11.3 Å². The standard InChI is InChI=1S/C27H36N4O6S2/c1-4-15-31-16-14-21-22(17-31)38-26(23(21)25(33)29-27(34)37-3)28-24(32)18-10-12-20(13-11-18)39(35,36)30(2)19-8-6-5-7-9-19/h10-13,19H,4-9,14-17H2,1-3H3,(H,28,32)(H,29,33,34). The Balaban J connectivity index is 1.55. The van der Waals surface area contributed by atoms with Crippen molar-refractivity contribution >= 4 is 44.3 Å². The second-order valence-electron chi connectivity index (χ2n) is 9.97. The van der Waals surface area contributed by atoms with Crippen LogP contribution in [0.3, 0.4) is 0 Å². The predicted octanol–water partition coefficient (Wildman–Crippen LogP) is 4.22. The molecule has 3 amide bonds. The first-order valence-electron chi connectivity index (χ1n) is 13.3. The Bertz CT molecular complexity index is 1320. The number of imide groups is 1. The lowest BCUT2D eigenvalue weighted by molar-refractivity contribution is 0.0936. The average molecular weight is 577 g/mol. The molecule has 12 heteroatoms. The molecule has 0 unspecified atom stereocenters. The summed E-state index contributed by atoms with van der Waals surface area (Å²) in [4.78, 5) is 41.3. The molecule has 2 aliphatic rings. The zero-order valence-electron chi connectivity index (χ0n) is 22.6. The monoisotopic (exact) mass is 576 g/mol. The molecule has 0 spiro atoms. The quantitative estimate of drug-likeness (QED) is 0.482. The lowest BCUT2D eigenvalue weighted by Crippen LogP contribution is -2.38. The highest BCUT2D eigenvalue weighted by atomic mass is 32.2. The van der Waals surface area contributed by atoms with Crippen molar-refractivity contribution in [3.05, 3.63) is 45.8 Å². The fourth-order valence-corrected chi connectivity index (χ4v) is 7.96. The number of anilines is 1. The van der Waals surface area contributed by atoms with Gasteiger partial charge in [0.25, 0.3) is 11.8 Å². The molecule has 2 heterocycles. The Morgan fingerprint density at radius 3 is 2.44 bits per heavy atom. The van der Waals surface area contributed by atoms with Gasteiger partial charge in [-0.15, -0.1) is 11.3 Å². The minimum absolute atomic E-state index is 0.0144. The summed E-state index contributed by atoms with van der Waals surface area (Å²) in [5.41, 5.74) is 1.34. The van der Waals surface area contributed by atoms with Crippen molar-refractivity contribution in [2.75, 3.05) is 32.6 Å². The number of carbonyl (C=O) groups is 3. The summed E-state index contributed by atoms with van der Waals surface area (Å²) < 4.78 is 32.4. The number of benzene rings is 1. The molecule has 4 rings (SSSR count). The maximum atomic E-state index is 13.2. The second-order valence-corrected chi connectivity index (χ2v) is 13.1. The first-order valence-corrected chi connectivity index (χ1v) is 15.6. The molecule has 1 aliphatic heterocycles. The molecule has 0 saturated heterocycles. The Morgan fingerprint density at radius 1 is 1.10 bits per heavy atom. The summed E-state index contributed by atoms with van der Waals surface area (Å²) in [6.45, 7) is 4.46. The van der Waals surface area contributed by atoms with Gasteiger partial charge in [-0.25, -0.2) is 13.2 Å². The van der Waals surface area contributed by atoms with Gasteiger partial charge in [0.15, 0.2) is 0 Å². The van der Waals surface area contributed by atoms with E-state index in [1.807, 2.05) is 0 Å². The minimum atomic E-state index is -3.68. The number of methoxy groups -OCH3 is 1. The van der Waals surface area contributed by atoms with Gasteiger partial charge < -0.3 is 10.1 Å². The van der Waals surface area contributed by atoms with Crippen LogP contribution < -0.4 is 10.6 Å². The maximum absolute atomic E-state index is 13.2. The Hall–Kier alpha value is -2.80. The Morgan fingerprint density at radius 2 is 1.79 bits per heavy atom. The molecule has 0 atom stereocenters. The summed E-state index contributed by atoms with van der Waals surface area (Å²) in [6.07, 6.45) is 5.61. The third-order valence-electron chi connectivity index (χ3n) is 7.41. The fourth-order valence-electron chi connectivity index (χ4n) is 5.26. The highest BCUT2D eigenvalue weighted by molar-refractivity contribution is 7.89. The third-order valence-corrected chi connectivity index (χ3v) is 10.5. The molecular weight excluding hydrogens is 540 g/mol. The van der Waals surface area contributed by atoms with Gasteiger partial charge in [0.1, 0.15) is 5.00 Å². The third kappa shape index (κ3) is 6.51. The number of hydrogen-bond acceptors (Lipinski definition) is 8. The van der Waals surface area contributed by atoms with Crippen molar-refractivity contribution in [1.29, 1.82) is 0 Å². The molecule has 2 N–H and O–H groups in total. The van der Waals surface area contributed by atoms with Crippen molar-refractivity contribution in [3.63, 3.8) is 0 Å². The smallest absolute Gasteiger partial charge is 0.413 e. The van der Waals surface area contributed by atoms with E-state index in [9.17, 15) is 22.8 Å². The van der Waals surface area contributed by atoms with Crippen molar-refractivity contribution in [2.24, 2.45) is 0 Å². The van der Waals surface area contributed by atoms with E-state index in [2.05, 4.69) is 27.2 Å². The average Bonchev–Trinajstić information content (AvgIpc) is 3.30. The van der Waals surface area contributed by atoms with Crippen LogP contribution in [0.15, 0.2) is 29.2 Å². The van der Waals surface area contributed by atoms with Gasteiger partial charge >= 0.3 is 6.09 Å². The Kier molecular flexibility index (Phi) is 9.42. The van der Waals surface area contributed by atoms with E-state index in [-0.39, 0.29) is 22.1 Å². The normalized spacial score (nSPS) is 16.5. The highest BCUT2D eigenvalue weighted by Crippen LogP contribution is 2.37. The Labute approximate surface area is 233 Å². The number of nitrogens with zero attached hydrogens (tertiary/aromatic N) is 2. The van der Waals surface area contributed by atoms with Gasteiger partial charge in [0, 0.05) is 36.6 Å². The number of fused-ring (bicyclic) bond motifs is 1. The van der Waals surface area contributed by atoms with Crippen LogP contribution in [-0.4, -0.2) is 68.8 Å². The lowest BCUT2D eigenvalue weighted by atomic mass is 9.96. The van der Waals surface area contributed by atoms with Gasteiger partial charge in [-0.3, -0.25) is 19.8 Å². The SMILES string of the molecule is CCCN1CCc2c(sc(NC(=O)c3ccc(S(=O)(=O)N(C)C4CCCCC4)cc3)c2C(=O)NC(=O)OC)C1. The number of thiophene rings is 1. The van der Waals surface area contributed by atoms with Crippen molar-refractivity contribution in [1.82, 2.24) is 14.5 Å². The molecular formula is C27H36N4O6S2. The molecule has 1 fully saturated rings. The summed E-state index contributed by atoms with van der Waals surface area (Å²) in [5.74, 6) is -1.11. The van der Waals surface area contributed by atoms with Crippen LogP contribution in [0.1, 0.15) is 76.6 Å². The lowest BCUT2D eigenvalue weighted by Gasteiger charge is -2.30. The maximum Gasteiger partial charge on any atom is 0.413 e. The van der Waals surface area contributed by atoms with Crippen molar-refractivity contribution in [2.45, 2.75) is 69.4 Å². The van der Waals surface area contributed by atoms with Gasteiger partial charge in [-0.1, -0.05) is 26.2 Å². The largest absolute Gasteiger partial charge is 0.453 e. The number of alkyl carbamates (subject to hydrolysis) is 1. The number of hydrogen-bond donors (Lipinski definition) is 2. The minimum Gasteiger partial charge on any atom is -0.453 e. The van der Waals surface area contributed by atoms with Crippen molar-refractivity contribution in [3.8, 4) is 0 Å². The number of ether oxygens (including phenoxy) is 1. The summed E-state index contributed by atoms with van der Waals surface area (Å²) >= 11 is 1.32. The van der Waals surface area contributed by atoms with Crippen molar-refractivity contribution < 1.29 is 27.5 Å². The number of amides is 3. The summed E-state index contributed by atoms with van der Waals surface area (Å²) in [7, 11) is -0.889. The van der Waals surface area contributed by atoms with Gasteiger partial charge in [0.05, 0.1) is 17.6 Å². The summed E-state index contributed by atoms with van der Waals surface area (Å²) in [6, 6.07) is 5.82. The summed E-state index contributed by atoms with van der Waals surface area (Å²) in [5, 5.41) is 5.37. The van der Waals surface area contributed by atoms with Crippen LogP contribution in [0, 0.1) is 0 Å². The number of rotatable bonds is 8. The van der Waals surface area contributed by atoms with Crippen LogP contribution in [0.4, 0.5) is 9.80 Å². The molecule has 1 aliphatic carbocycles. The second kappa shape index (κ2) is 12.6. The van der Waals surface area contributed by atoms with E-state index in [0.29, 0.717) is 18.0 Å². The number of nitrogens with one attached hydrogen (secondary N) is 2. The van der Waals surface area contributed by atoms with Crippen LogP contribution in [-0.2, 0) is 27.7 Å². The molecule has 1 aromatic carbocycles. The van der Waals surface area contributed by atoms with E-state index >= 15 is 0 Å². The molecule has 212 valence electrons. The zero-order valence-corrected chi connectivity index (χ0v) is 24.3. The van der Waals surface area contributed by atoms with Gasteiger partial charge in [0.2, 0.25) is 10.0 Å². The van der Waals surface area contributed by atoms with Crippen LogP contribution in [0.2, 0.25) is 0 Å². The van der Waals surface area contributed by atoms with E-state index in [4.69, 9.17) is 0 Å². The first-order chi connectivity index (χ1) is 18.6. The topological polar surface area (TPSA) is 125 Å². The van der Waals surface area contributed by atoms with E-state index in [0.717, 1.165) is 62.1 Å². The van der Waals surface area contributed by atoms with Gasteiger partial charge in [-0.05, 0) is 62.1 Å². The zero-order chi connectivity index (χ0) is 28.2. The molecule has 1 saturated carbocycles. The molecule has 10 nitrogen and oxygen atoms in total.